The third-order valence-electron chi connectivity index (χ3n) is 4.48. The second-order valence-corrected chi connectivity index (χ2v) is 13.7. The molecule has 0 saturated carbocycles. The van der Waals surface area contributed by atoms with Gasteiger partial charge in [-0.05, 0) is 12.1 Å². The van der Waals surface area contributed by atoms with Gasteiger partial charge in [0, 0.05) is 58.1 Å². The first-order valence-electron chi connectivity index (χ1n) is 9.34. The average Bonchev–Trinajstić information content (AvgIpc) is 3.37. The Hall–Kier alpha value is -2.78. The maximum absolute atomic E-state index is 5.80. The van der Waals surface area contributed by atoms with Crippen molar-refractivity contribution in [1.29, 1.82) is 0 Å². The molecular weight excluding hydrogens is 370 g/mol. The van der Waals surface area contributed by atoms with Crippen LogP contribution in [0.5, 0.6) is 0 Å². The Morgan fingerprint density at radius 3 is 2.75 bits per heavy atom. The summed E-state index contributed by atoms with van der Waals surface area (Å²) < 4.78 is 11.3. The predicted octanol–water partition coefficient (Wildman–Crippen LogP) is 3.31. The largest absolute Gasteiger partial charge is 0.360 e. The minimum atomic E-state index is -1.08. The van der Waals surface area contributed by atoms with Gasteiger partial charge in [-0.2, -0.15) is 10.2 Å². The zero-order chi connectivity index (χ0) is 19.7. The van der Waals surface area contributed by atoms with Gasteiger partial charge in [-0.25, -0.2) is 14.6 Å². The summed E-state index contributed by atoms with van der Waals surface area (Å²) in [5, 5.41) is 8.90. The minimum Gasteiger partial charge on any atom is -0.360 e. The summed E-state index contributed by atoms with van der Waals surface area (Å²) in [5.41, 5.74) is 3.37. The predicted molar refractivity (Wildman–Crippen MR) is 111 cm³/mol. The van der Waals surface area contributed by atoms with Crippen LogP contribution in [0.15, 0.2) is 43.1 Å². The molecule has 0 N–H and O–H groups in total. The smallest absolute Gasteiger partial charge is 0.166 e. The molecule has 4 heterocycles. The Morgan fingerprint density at radius 2 is 2.00 bits per heavy atom. The number of nitrogens with zero attached hydrogens (tertiary/aromatic N) is 7. The van der Waals surface area contributed by atoms with Gasteiger partial charge in [-0.3, -0.25) is 9.08 Å². The van der Waals surface area contributed by atoms with Gasteiger partial charge < -0.3 is 4.74 Å². The molecule has 0 bridgehead atoms. The summed E-state index contributed by atoms with van der Waals surface area (Å²) in [6.07, 6.45) is 9.33. The van der Waals surface area contributed by atoms with Crippen molar-refractivity contribution >= 4 is 13.7 Å². The van der Waals surface area contributed by atoms with E-state index in [0.29, 0.717) is 6.73 Å². The van der Waals surface area contributed by atoms with Crippen LogP contribution in [0.1, 0.15) is 0 Å². The molecule has 146 valence electrons. The van der Waals surface area contributed by atoms with E-state index >= 15 is 0 Å². The Balaban J connectivity index is 1.59. The molecule has 9 heteroatoms. The van der Waals surface area contributed by atoms with Crippen LogP contribution in [-0.4, -0.2) is 48.6 Å². The SMILES string of the molecule is Cn1cc(-c2cc3nccn3c(-c3ccn(COCC[Si](C)(C)C)n3)n2)cn1. The molecule has 0 atom stereocenters. The number of rotatable bonds is 7. The summed E-state index contributed by atoms with van der Waals surface area (Å²) in [4.78, 5) is 9.26. The Labute approximate surface area is 164 Å². The summed E-state index contributed by atoms with van der Waals surface area (Å²) in [7, 11) is 0.807. The van der Waals surface area contributed by atoms with E-state index < -0.39 is 8.07 Å². The van der Waals surface area contributed by atoms with Crippen LogP contribution < -0.4 is 0 Å². The molecule has 0 saturated heterocycles. The van der Waals surface area contributed by atoms with Crippen molar-refractivity contribution in [3.63, 3.8) is 0 Å². The van der Waals surface area contributed by atoms with Gasteiger partial charge in [-0.1, -0.05) is 19.6 Å². The number of hydrogen-bond donors (Lipinski definition) is 0. The highest BCUT2D eigenvalue weighted by Gasteiger charge is 2.14. The van der Waals surface area contributed by atoms with Crippen LogP contribution in [0.2, 0.25) is 25.7 Å². The standard InChI is InChI=1S/C19H25N7OSi/c1-24-13-15(12-21-24)17-11-18-20-6-8-26(18)19(22-17)16-5-7-25(23-16)14-27-9-10-28(2,3)4/h5-8,11-13H,9-10,14H2,1-4H3. The highest BCUT2D eigenvalue weighted by molar-refractivity contribution is 6.76. The molecule has 4 aromatic heterocycles. The lowest BCUT2D eigenvalue weighted by molar-refractivity contribution is 0.0787. The van der Waals surface area contributed by atoms with Crippen molar-refractivity contribution in [3.05, 3.63) is 43.1 Å². The first-order chi connectivity index (χ1) is 13.4. The number of ether oxygens (including phenoxy) is 1. The lowest BCUT2D eigenvalue weighted by Crippen LogP contribution is -2.22. The van der Waals surface area contributed by atoms with Crippen molar-refractivity contribution in [3.8, 4) is 22.8 Å². The third-order valence-corrected chi connectivity index (χ3v) is 6.18. The van der Waals surface area contributed by atoms with Crippen LogP contribution in [-0.2, 0) is 18.5 Å². The molecular formula is C19H25N7OSi. The number of aryl methyl sites for hydroxylation is 1. The van der Waals surface area contributed by atoms with Gasteiger partial charge in [0.15, 0.2) is 5.82 Å². The molecule has 0 aromatic carbocycles. The fourth-order valence-electron chi connectivity index (χ4n) is 2.89. The molecule has 0 amide bonds. The van der Waals surface area contributed by atoms with Crippen LogP contribution >= 0.6 is 0 Å². The zero-order valence-electron chi connectivity index (χ0n) is 16.7. The molecule has 4 aromatic rings. The molecule has 4 rings (SSSR count). The number of hydrogen-bond acceptors (Lipinski definition) is 5. The first-order valence-corrected chi connectivity index (χ1v) is 13.0. The Bertz CT molecular complexity index is 1090. The normalized spacial score (nSPS) is 12.1. The fourth-order valence-corrected chi connectivity index (χ4v) is 3.65. The number of imidazole rings is 1. The van der Waals surface area contributed by atoms with Crippen molar-refractivity contribution in [2.45, 2.75) is 32.4 Å². The lowest BCUT2D eigenvalue weighted by atomic mass is 10.2. The van der Waals surface area contributed by atoms with E-state index in [9.17, 15) is 0 Å². The third kappa shape index (κ3) is 4.05. The molecule has 8 nitrogen and oxygen atoms in total. The van der Waals surface area contributed by atoms with Gasteiger partial charge in [0.05, 0.1) is 11.9 Å². The van der Waals surface area contributed by atoms with E-state index in [1.807, 2.05) is 42.2 Å². The monoisotopic (exact) mass is 395 g/mol. The molecule has 0 fully saturated rings. The van der Waals surface area contributed by atoms with Gasteiger partial charge in [0.2, 0.25) is 0 Å². The van der Waals surface area contributed by atoms with E-state index in [2.05, 4.69) is 34.8 Å². The molecule has 0 radical (unpaired) electrons. The second kappa shape index (κ2) is 7.32. The summed E-state index contributed by atoms with van der Waals surface area (Å²) >= 11 is 0. The topological polar surface area (TPSA) is 75.1 Å². The van der Waals surface area contributed by atoms with Crippen molar-refractivity contribution < 1.29 is 4.74 Å². The quantitative estimate of drug-likeness (QED) is 0.354. The minimum absolute atomic E-state index is 0.444. The van der Waals surface area contributed by atoms with Crippen LogP contribution in [0, 0.1) is 0 Å². The fraction of sp³-hybridized carbons (Fsp3) is 0.368. The van der Waals surface area contributed by atoms with Gasteiger partial charge in [-0.15, -0.1) is 0 Å². The summed E-state index contributed by atoms with van der Waals surface area (Å²) in [6, 6.07) is 5.05. The lowest BCUT2D eigenvalue weighted by Gasteiger charge is -2.15. The molecule has 0 aliphatic carbocycles. The van der Waals surface area contributed by atoms with E-state index in [-0.39, 0.29) is 0 Å². The molecule has 0 spiro atoms. The van der Waals surface area contributed by atoms with E-state index in [4.69, 9.17) is 9.72 Å². The number of aromatic nitrogens is 7. The maximum atomic E-state index is 5.80. The Morgan fingerprint density at radius 1 is 1.14 bits per heavy atom. The Kier molecular flexibility index (Phi) is 4.86. The van der Waals surface area contributed by atoms with Gasteiger partial charge in [0.1, 0.15) is 18.1 Å². The van der Waals surface area contributed by atoms with Crippen LogP contribution in [0.3, 0.4) is 0 Å². The summed E-state index contributed by atoms with van der Waals surface area (Å²) in [5.74, 6) is 0.745. The van der Waals surface area contributed by atoms with Gasteiger partial charge >= 0.3 is 0 Å². The summed E-state index contributed by atoms with van der Waals surface area (Å²) in [6.45, 7) is 8.25. The van der Waals surface area contributed by atoms with Crippen molar-refractivity contribution in [2.24, 2.45) is 7.05 Å². The second-order valence-electron chi connectivity index (χ2n) is 8.11. The maximum Gasteiger partial charge on any atom is 0.166 e. The van der Waals surface area contributed by atoms with Gasteiger partial charge in [0.25, 0.3) is 0 Å². The molecule has 0 unspecified atom stereocenters. The van der Waals surface area contributed by atoms with Crippen LogP contribution in [0.25, 0.3) is 28.4 Å². The highest BCUT2D eigenvalue weighted by Crippen LogP contribution is 2.23. The average molecular weight is 396 g/mol. The van der Waals surface area contributed by atoms with Crippen molar-refractivity contribution in [1.82, 2.24) is 33.9 Å². The molecule has 28 heavy (non-hydrogen) atoms. The first kappa shape index (κ1) is 18.6. The van der Waals surface area contributed by atoms with E-state index in [1.165, 1.54) is 0 Å². The van der Waals surface area contributed by atoms with Crippen LogP contribution in [0.4, 0.5) is 0 Å². The van der Waals surface area contributed by atoms with E-state index in [0.717, 1.165) is 41.1 Å². The molecule has 0 aliphatic rings. The molecule has 0 aliphatic heterocycles. The number of fused-ring (bicyclic) bond motifs is 1. The zero-order valence-corrected chi connectivity index (χ0v) is 17.7. The van der Waals surface area contributed by atoms with E-state index in [1.54, 1.807) is 21.8 Å². The van der Waals surface area contributed by atoms with Crippen molar-refractivity contribution in [2.75, 3.05) is 6.61 Å². The highest BCUT2D eigenvalue weighted by atomic mass is 28.3.